The van der Waals surface area contributed by atoms with Gasteiger partial charge in [0.15, 0.2) is 11.4 Å². The van der Waals surface area contributed by atoms with Crippen molar-refractivity contribution in [3.63, 3.8) is 0 Å². The zero-order valence-electron chi connectivity index (χ0n) is 12.7. The van der Waals surface area contributed by atoms with Crippen molar-refractivity contribution in [1.29, 1.82) is 0 Å². The van der Waals surface area contributed by atoms with Crippen LogP contribution in [0.15, 0.2) is 28.7 Å². The number of nitrogens with two attached hydrogens (primary N) is 1. The Morgan fingerprint density at radius 3 is 2.67 bits per heavy atom. The highest BCUT2D eigenvalue weighted by Gasteiger charge is 2.16. The summed E-state index contributed by atoms with van der Waals surface area (Å²) in [6.07, 6.45) is 8.33. The van der Waals surface area contributed by atoms with E-state index in [0.29, 0.717) is 11.3 Å². The Hall–Kier alpha value is -1.39. The molecule has 116 valence electrons. The van der Waals surface area contributed by atoms with Gasteiger partial charge in [0.1, 0.15) is 5.76 Å². The summed E-state index contributed by atoms with van der Waals surface area (Å²) in [6.45, 7) is 2.22. The molecular formula is C17H25FN2O. The van der Waals surface area contributed by atoms with Crippen LogP contribution in [0.25, 0.3) is 11.0 Å². The monoisotopic (exact) mass is 292 g/mol. The molecule has 1 atom stereocenters. The van der Waals surface area contributed by atoms with Crippen molar-refractivity contribution in [3.8, 4) is 0 Å². The van der Waals surface area contributed by atoms with E-state index in [9.17, 15) is 4.39 Å². The predicted molar refractivity (Wildman–Crippen MR) is 84.2 cm³/mol. The van der Waals surface area contributed by atoms with Gasteiger partial charge in [0, 0.05) is 5.39 Å². The largest absolute Gasteiger partial charge is 0.456 e. The third-order valence-electron chi connectivity index (χ3n) is 3.91. The van der Waals surface area contributed by atoms with Crippen LogP contribution in [0.2, 0.25) is 0 Å². The second kappa shape index (κ2) is 8.15. The molecule has 0 saturated heterocycles. The quantitative estimate of drug-likeness (QED) is 0.395. The van der Waals surface area contributed by atoms with Gasteiger partial charge in [-0.25, -0.2) is 9.82 Å². The lowest BCUT2D eigenvalue weighted by Crippen LogP contribution is -2.27. The van der Waals surface area contributed by atoms with Gasteiger partial charge in [0.2, 0.25) is 0 Å². The summed E-state index contributed by atoms with van der Waals surface area (Å²) in [5, 5.41) is 0.785. The summed E-state index contributed by atoms with van der Waals surface area (Å²) in [5.41, 5.74) is 3.10. The molecule has 0 saturated carbocycles. The first-order valence-electron chi connectivity index (χ1n) is 7.90. The third kappa shape index (κ3) is 4.29. The Morgan fingerprint density at radius 1 is 1.19 bits per heavy atom. The first kappa shape index (κ1) is 16.0. The van der Waals surface area contributed by atoms with E-state index in [1.54, 1.807) is 6.07 Å². The molecule has 4 heteroatoms. The van der Waals surface area contributed by atoms with Crippen molar-refractivity contribution in [1.82, 2.24) is 5.43 Å². The van der Waals surface area contributed by atoms with Gasteiger partial charge in [-0.1, -0.05) is 57.6 Å². The number of unbranched alkanes of at least 4 members (excludes halogenated alkanes) is 5. The van der Waals surface area contributed by atoms with Gasteiger partial charge in [-0.3, -0.25) is 5.84 Å². The van der Waals surface area contributed by atoms with Crippen LogP contribution >= 0.6 is 0 Å². The topological polar surface area (TPSA) is 51.2 Å². The van der Waals surface area contributed by atoms with Crippen molar-refractivity contribution in [2.24, 2.45) is 5.84 Å². The van der Waals surface area contributed by atoms with Gasteiger partial charge in [0.05, 0.1) is 6.04 Å². The summed E-state index contributed by atoms with van der Waals surface area (Å²) in [5.74, 6) is 6.01. The third-order valence-corrected chi connectivity index (χ3v) is 3.91. The second-order valence-electron chi connectivity index (χ2n) is 5.58. The van der Waals surface area contributed by atoms with Crippen molar-refractivity contribution in [3.05, 3.63) is 35.8 Å². The van der Waals surface area contributed by atoms with Gasteiger partial charge < -0.3 is 4.42 Å². The van der Waals surface area contributed by atoms with Crippen LogP contribution in [-0.2, 0) is 0 Å². The molecular weight excluding hydrogens is 267 g/mol. The van der Waals surface area contributed by atoms with Crippen LogP contribution in [0, 0.1) is 5.82 Å². The van der Waals surface area contributed by atoms with Crippen molar-refractivity contribution in [2.45, 2.75) is 57.9 Å². The Balaban J connectivity index is 1.91. The maximum Gasteiger partial charge on any atom is 0.169 e. The summed E-state index contributed by atoms with van der Waals surface area (Å²) in [7, 11) is 0. The van der Waals surface area contributed by atoms with Gasteiger partial charge in [0.25, 0.3) is 0 Å². The Morgan fingerprint density at radius 2 is 1.95 bits per heavy atom. The number of benzene rings is 1. The van der Waals surface area contributed by atoms with E-state index in [-0.39, 0.29) is 11.9 Å². The number of rotatable bonds is 9. The normalized spacial score (nSPS) is 12.9. The molecule has 0 aliphatic heterocycles. The van der Waals surface area contributed by atoms with Crippen molar-refractivity contribution in [2.75, 3.05) is 0 Å². The first-order valence-corrected chi connectivity index (χ1v) is 7.90. The molecule has 1 aromatic carbocycles. The van der Waals surface area contributed by atoms with E-state index >= 15 is 0 Å². The smallest absolute Gasteiger partial charge is 0.169 e. The molecule has 21 heavy (non-hydrogen) atoms. The molecule has 0 aliphatic rings. The van der Waals surface area contributed by atoms with Gasteiger partial charge in [-0.05, 0) is 18.6 Å². The molecule has 0 radical (unpaired) electrons. The lowest BCUT2D eigenvalue weighted by molar-refractivity contribution is 0.397. The molecule has 3 nitrogen and oxygen atoms in total. The average Bonchev–Trinajstić information content (AvgIpc) is 2.92. The molecule has 1 aromatic heterocycles. The van der Waals surface area contributed by atoms with E-state index in [1.807, 2.05) is 12.1 Å². The lowest BCUT2D eigenvalue weighted by atomic mass is 10.0. The Kier molecular flexibility index (Phi) is 6.21. The fraction of sp³-hybridized carbons (Fsp3) is 0.529. The minimum Gasteiger partial charge on any atom is -0.456 e. The molecule has 0 spiro atoms. The summed E-state index contributed by atoms with van der Waals surface area (Å²) in [4.78, 5) is 0. The fourth-order valence-electron chi connectivity index (χ4n) is 2.66. The summed E-state index contributed by atoms with van der Waals surface area (Å²) in [6, 6.07) is 6.77. The van der Waals surface area contributed by atoms with Crippen LogP contribution in [0.1, 0.15) is 63.7 Å². The van der Waals surface area contributed by atoms with Gasteiger partial charge >= 0.3 is 0 Å². The molecule has 1 unspecified atom stereocenters. The van der Waals surface area contributed by atoms with Crippen LogP contribution in [0.4, 0.5) is 4.39 Å². The molecule has 2 aromatic rings. The maximum absolute atomic E-state index is 13.6. The number of hydrogen-bond donors (Lipinski definition) is 2. The Labute approximate surface area is 125 Å². The van der Waals surface area contributed by atoms with Crippen LogP contribution in [0.5, 0.6) is 0 Å². The number of fused-ring (bicyclic) bond motifs is 1. The zero-order valence-corrected chi connectivity index (χ0v) is 12.7. The van der Waals surface area contributed by atoms with E-state index in [4.69, 9.17) is 10.3 Å². The number of para-hydroxylation sites is 1. The second-order valence-corrected chi connectivity index (χ2v) is 5.58. The molecule has 0 aliphatic carbocycles. The van der Waals surface area contributed by atoms with Crippen LogP contribution in [0.3, 0.4) is 0 Å². The van der Waals surface area contributed by atoms with Crippen LogP contribution in [-0.4, -0.2) is 0 Å². The molecule has 2 rings (SSSR count). The van der Waals surface area contributed by atoms with E-state index in [2.05, 4.69) is 12.3 Å². The summed E-state index contributed by atoms with van der Waals surface area (Å²) >= 11 is 0. The number of furan rings is 1. The Bertz CT molecular complexity index is 553. The van der Waals surface area contributed by atoms with Gasteiger partial charge in [-0.15, -0.1) is 0 Å². The van der Waals surface area contributed by atoms with Crippen molar-refractivity contribution < 1.29 is 8.81 Å². The highest BCUT2D eigenvalue weighted by molar-refractivity contribution is 5.78. The number of hydrazine groups is 1. The minimum atomic E-state index is -0.325. The average molecular weight is 292 g/mol. The highest BCUT2D eigenvalue weighted by Crippen LogP contribution is 2.28. The highest BCUT2D eigenvalue weighted by atomic mass is 19.1. The van der Waals surface area contributed by atoms with Crippen molar-refractivity contribution >= 4 is 11.0 Å². The summed E-state index contributed by atoms with van der Waals surface area (Å²) < 4.78 is 19.3. The van der Waals surface area contributed by atoms with E-state index in [0.717, 1.165) is 18.2 Å². The standard InChI is InChI=1S/C17H25FN2O/c1-2-3-4-5-6-7-11-15(20-19)16-12-13-9-8-10-14(18)17(13)21-16/h8-10,12,15,20H,2-7,11,19H2,1H3. The first-order chi connectivity index (χ1) is 10.3. The molecule has 0 bridgehead atoms. The van der Waals surface area contributed by atoms with E-state index < -0.39 is 0 Å². The zero-order chi connectivity index (χ0) is 15.1. The molecule has 3 N–H and O–H groups in total. The SMILES string of the molecule is CCCCCCCCC(NN)c1cc2cccc(F)c2o1. The number of halogens is 1. The lowest BCUT2D eigenvalue weighted by Gasteiger charge is -2.12. The number of nitrogens with one attached hydrogen (secondary N) is 1. The molecule has 0 amide bonds. The minimum absolute atomic E-state index is 0.0528. The van der Waals surface area contributed by atoms with Gasteiger partial charge in [-0.2, -0.15) is 0 Å². The number of hydrogen-bond acceptors (Lipinski definition) is 3. The van der Waals surface area contributed by atoms with E-state index in [1.165, 1.54) is 38.2 Å². The molecule has 0 fully saturated rings. The van der Waals surface area contributed by atoms with Crippen LogP contribution < -0.4 is 11.3 Å². The predicted octanol–water partition coefficient (Wildman–Crippen LogP) is 4.83. The fourth-order valence-corrected chi connectivity index (χ4v) is 2.66. The molecule has 1 heterocycles. The maximum atomic E-state index is 13.6.